The van der Waals surface area contributed by atoms with E-state index in [-0.39, 0.29) is 18.4 Å². The first kappa shape index (κ1) is 13.1. The highest BCUT2D eigenvalue weighted by atomic mass is 16.2. The average Bonchev–Trinajstić information content (AvgIpc) is 2.91. The van der Waals surface area contributed by atoms with Crippen molar-refractivity contribution < 1.29 is 9.90 Å². The monoisotopic (exact) mass is 247 g/mol. The smallest absolute Gasteiger partial charge is 0.227 e. The van der Waals surface area contributed by atoms with Gasteiger partial charge in [-0.05, 0) is 43.4 Å². The Morgan fingerprint density at radius 2 is 2.11 bits per heavy atom. The highest BCUT2D eigenvalue weighted by Crippen LogP contribution is 2.26. The second kappa shape index (κ2) is 6.55. The molecule has 0 spiro atoms. The summed E-state index contributed by atoms with van der Waals surface area (Å²) in [4.78, 5) is 12.0. The molecule has 2 rings (SSSR count). The van der Waals surface area contributed by atoms with Crippen LogP contribution >= 0.6 is 0 Å². The standard InChI is InChI=1S/C15H21NO2/c17-10-4-6-12-5-3-9-14(11-12)16-15(18)13-7-1-2-8-13/h3,5,9,11,13,17H,1-2,4,6-8,10H2,(H,16,18). The Hall–Kier alpha value is -1.35. The maximum Gasteiger partial charge on any atom is 0.227 e. The molecule has 1 fully saturated rings. The topological polar surface area (TPSA) is 49.3 Å². The Morgan fingerprint density at radius 3 is 2.83 bits per heavy atom. The summed E-state index contributed by atoms with van der Waals surface area (Å²) in [5.74, 6) is 0.359. The minimum absolute atomic E-state index is 0.159. The van der Waals surface area contributed by atoms with Crippen molar-refractivity contribution in [1.82, 2.24) is 0 Å². The lowest BCUT2D eigenvalue weighted by Crippen LogP contribution is -2.20. The number of nitrogens with one attached hydrogen (secondary N) is 1. The first-order valence-electron chi connectivity index (χ1n) is 6.80. The summed E-state index contributed by atoms with van der Waals surface area (Å²) in [6.07, 6.45) is 6.01. The third-order valence-corrected chi connectivity index (χ3v) is 3.54. The fourth-order valence-corrected chi connectivity index (χ4v) is 2.52. The van der Waals surface area contributed by atoms with E-state index in [4.69, 9.17) is 5.11 Å². The molecule has 1 aliphatic carbocycles. The maximum atomic E-state index is 12.0. The number of aliphatic hydroxyl groups excluding tert-OH is 1. The summed E-state index contributed by atoms with van der Waals surface area (Å²) >= 11 is 0. The van der Waals surface area contributed by atoms with Gasteiger partial charge in [0.15, 0.2) is 0 Å². The molecule has 18 heavy (non-hydrogen) atoms. The van der Waals surface area contributed by atoms with Gasteiger partial charge < -0.3 is 10.4 Å². The number of aliphatic hydroxyl groups is 1. The van der Waals surface area contributed by atoms with E-state index in [1.807, 2.05) is 24.3 Å². The molecule has 0 heterocycles. The average molecular weight is 247 g/mol. The van der Waals surface area contributed by atoms with Crippen molar-refractivity contribution in [2.24, 2.45) is 5.92 Å². The molecule has 0 unspecified atom stereocenters. The van der Waals surface area contributed by atoms with Crippen LogP contribution in [0.5, 0.6) is 0 Å². The highest BCUT2D eigenvalue weighted by molar-refractivity contribution is 5.92. The number of amides is 1. The number of carbonyl (C=O) groups excluding carboxylic acids is 1. The Labute approximate surface area is 108 Å². The quantitative estimate of drug-likeness (QED) is 0.840. The SMILES string of the molecule is O=C(Nc1cccc(CCCO)c1)C1CCCC1. The summed E-state index contributed by atoms with van der Waals surface area (Å²) in [5.41, 5.74) is 2.04. The third-order valence-electron chi connectivity index (χ3n) is 3.54. The summed E-state index contributed by atoms with van der Waals surface area (Å²) in [6.45, 7) is 0.207. The fraction of sp³-hybridized carbons (Fsp3) is 0.533. The van der Waals surface area contributed by atoms with Crippen LogP contribution < -0.4 is 5.32 Å². The highest BCUT2D eigenvalue weighted by Gasteiger charge is 2.22. The number of hydrogen-bond acceptors (Lipinski definition) is 2. The fourth-order valence-electron chi connectivity index (χ4n) is 2.52. The second-order valence-electron chi connectivity index (χ2n) is 5.00. The maximum absolute atomic E-state index is 12.0. The largest absolute Gasteiger partial charge is 0.396 e. The molecule has 98 valence electrons. The Morgan fingerprint density at radius 1 is 1.33 bits per heavy atom. The van der Waals surface area contributed by atoms with Crippen LogP contribution in [0.25, 0.3) is 0 Å². The van der Waals surface area contributed by atoms with Crippen LogP contribution in [-0.4, -0.2) is 17.6 Å². The number of rotatable bonds is 5. The van der Waals surface area contributed by atoms with Crippen molar-refractivity contribution in [3.63, 3.8) is 0 Å². The molecule has 1 aromatic rings. The van der Waals surface area contributed by atoms with Gasteiger partial charge in [0.05, 0.1) is 0 Å². The first-order valence-corrected chi connectivity index (χ1v) is 6.80. The lowest BCUT2D eigenvalue weighted by Gasteiger charge is -2.11. The molecule has 0 saturated heterocycles. The summed E-state index contributed by atoms with van der Waals surface area (Å²) in [5, 5.41) is 11.8. The van der Waals surface area contributed by atoms with E-state index in [0.717, 1.165) is 36.9 Å². The van der Waals surface area contributed by atoms with Crippen molar-refractivity contribution in [2.45, 2.75) is 38.5 Å². The van der Waals surface area contributed by atoms with Crippen LogP contribution in [0.4, 0.5) is 5.69 Å². The van der Waals surface area contributed by atoms with Gasteiger partial charge in [-0.1, -0.05) is 25.0 Å². The predicted octanol–water partition coefficient (Wildman–Crippen LogP) is 2.74. The molecule has 1 aromatic carbocycles. The van der Waals surface area contributed by atoms with E-state index in [1.165, 1.54) is 12.8 Å². The van der Waals surface area contributed by atoms with Gasteiger partial charge >= 0.3 is 0 Å². The second-order valence-corrected chi connectivity index (χ2v) is 5.00. The molecule has 1 aliphatic rings. The number of benzene rings is 1. The van der Waals surface area contributed by atoms with Crippen LogP contribution in [0.15, 0.2) is 24.3 Å². The van der Waals surface area contributed by atoms with Gasteiger partial charge in [0.25, 0.3) is 0 Å². The summed E-state index contributed by atoms with van der Waals surface area (Å²) in [6, 6.07) is 7.91. The van der Waals surface area contributed by atoms with Crippen LogP contribution in [-0.2, 0) is 11.2 Å². The van der Waals surface area contributed by atoms with Crippen LogP contribution in [0.1, 0.15) is 37.7 Å². The first-order chi connectivity index (χ1) is 8.79. The van der Waals surface area contributed by atoms with Gasteiger partial charge in [0.2, 0.25) is 5.91 Å². The minimum atomic E-state index is 0.159. The van der Waals surface area contributed by atoms with Crippen LogP contribution in [0, 0.1) is 5.92 Å². The van der Waals surface area contributed by atoms with Crippen LogP contribution in [0.3, 0.4) is 0 Å². The molecule has 0 aliphatic heterocycles. The molecule has 0 aromatic heterocycles. The Balaban J connectivity index is 1.93. The van der Waals surface area contributed by atoms with Gasteiger partial charge in [-0.3, -0.25) is 4.79 Å². The van der Waals surface area contributed by atoms with E-state index < -0.39 is 0 Å². The minimum Gasteiger partial charge on any atom is -0.396 e. The van der Waals surface area contributed by atoms with E-state index >= 15 is 0 Å². The zero-order chi connectivity index (χ0) is 12.8. The van der Waals surface area contributed by atoms with Gasteiger partial charge in [-0.2, -0.15) is 0 Å². The molecule has 0 bridgehead atoms. The molecule has 2 N–H and O–H groups in total. The van der Waals surface area contributed by atoms with Crippen molar-refractivity contribution >= 4 is 11.6 Å². The van der Waals surface area contributed by atoms with Crippen LogP contribution in [0.2, 0.25) is 0 Å². The van der Waals surface area contributed by atoms with Crippen molar-refractivity contribution in [3.8, 4) is 0 Å². The Bertz CT molecular complexity index is 397. The predicted molar refractivity (Wildman–Crippen MR) is 72.4 cm³/mol. The van der Waals surface area contributed by atoms with E-state index in [1.54, 1.807) is 0 Å². The van der Waals surface area contributed by atoms with E-state index in [9.17, 15) is 4.79 Å². The lowest BCUT2D eigenvalue weighted by atomic mass is 10.1. The van der Waals surface area contributed by atoms with Gasteiger partial charge in [0.1, 0.15) is 0 Å². The molecule has 0 atom stereocenters. The molecular formula is C15H21NO2. The Kier molecular flexibility index (Phi) is 4.76. The molecular weight excluding hydrogens is 226 g/mol. The van der Waals surface area contributed by atoms with E-state index in [0.29, 0.717) is 0 Å². The zero-order valence-electron chi connectivity index (χ0n) is 10.7. The third kappa shape index (κ3) is 3.57. The summed E-state index contributed by atoms with van der Waals surface area (Å²) < 4.78 is 0. The number of hydrogen-bond donors (Lipinski definition) is 2. The van der Waals surface area contributed by atoms with Gasteiger partial charge in [0, 0.05) is 18.2 Å². The number of anilines is 1. The number of aryl methyl sites for hydroxylation is 1. The molecule has 3 nitrogen and oxygen atoms in total. The van der Waals surface area contributed by atoms with Crippen molar-refractivity contribution in [3.05, 3.63) is 29.8 Å². The molecule has 1 amide bonds. The molecule has 1 saturated carbocycles. The zero-order valence-corrected chi connectivity index (χ0v) is 10.7. The van der Waals surface area contributed by atoms with Gasteiger partial charge in [-0.15, -0.1) is 0 Å². The van der Waals surface area contributed by atoms with Gasteiger partial charge in [-0.25, -0.2) is 0 Å². The molecule has 0 radical (unpaired) electrons. The lowest BCUT2D eigenvalue weighted by molar-refractivity contribution is -0.119. The van der Waals surface area contributed by atoms with Crippen molar-refractivity contribution in [2.75, 3.05) is 11.9 Å². The normalized spacial score (nSPS) is 15.8. The number of carbonyl (C=O) groups is 1. The molecule has 3 heteroatoms. The van der Waals surface area contributed by atoms with Crippen molar-refractivity contribution in [1.29, 1.82) is 0 Å². The van der Waals surface area contributed by atoms with E-state index in [2.05, 4.69) is 5.32 Å². The summed E-state index contributed by atoms with van der Waals surface area (Å²) in [7, 11) is 0.